The fourth-order valence-electron chi connectivity index (χ4n) is 2.27. The number of benzene rings is 2. The lowest BCUT2D eigenvalue weighted by Gasteiger charge is -2.15. The summed E-state index contributed by atoms with van der Waals surface area (Å²) < 4.78 is 36.2. The summed E-state index contributed by atoms with van der Waals surface area (Å²) in [6.45, 7) is 9.29. The van der Waals surface area contributed by atoms with Gasteiger partial charge in [0.25, 0.3) is 9.84 Å². The van der Waals surface area contributed by atoms with E-state index in [9.17, 15) is 8.42 Å². The summed E-state index contributed by atoms with van der Waals surface area (Å²) in [5, 5.41) is -1.43. The van der Waals surface area contributed by atoms with Crippen LogP contribution in [0.1, 0.15) is 16.5 Å². The second kappa shape index (κ2) is 6.71. The van der Waals surface area contributed by atoms with Crippen LogP contribution in [0.4, 0.5) is 0 Å². The van der Waals surface area contributed by atoms with Crippen LogP contribution < -0.4 is 9.47 Å². The van der Waals surface area contributed by atoms with E-state index >= 15 is 0 Å². The lowest BCUT2D eigenvalue weighted by Crippen LogP contribution is -2.13. The number of rotatable bonds is 5. The van der Waals surface area contributed by atoms with Crippen molar-refractivity contribution in [2.75, 3.05) is 14.2 Å². The quantitative estimate of drug-likeness (QED) is 0.788. The fraction of sp³-hybridized carbons (Fsp3) is 0.235. The van der Waals surface area contributed by atoms with Crippen LogP contribution in [0.25, 0.3) is 4.85 Å². The zero-order valence-corrected chi connectivity index (χ0v) is 13.9. The van der Waals surface area contributed by atoms with Crippen LogP contribution in [0.5, 0.6) is 11.5 Å². The van der Waals surface area contributed by atoms with E-state index in [4.69, 9.17) is 16.0 Å². The average molecular weight is 331 g/mol. The zero-order valence-electron chi connectivity index (χ0n) is 13.1. The molecular weight excluding hydrogens is 314 g/mol. The average Bonchev–Trinajstić information content (AvgIpc) is 2.55. The number of ether oxygens (including phenoxy) is 2. The Morgan fingerprint density at radius 3 is 1.96 bits per heavy atom. The van der Waals surface area contributed by atoms with Gasteiger partial charge < -0.3 is 9.47 Å². The molecule has 0 aromatic heterocycles. The Balaban J connectivity index is 2.65. The van der Waals surface area contributed by atoms with Gasteiger partial charge in [-0.25, -0.2) is 15.0 Å². The molecular formula is C17H17NO4S. The van der Waals surface area contributed by atoms with Crippen molar-refractivity contribution in [2.45, 2.75) is 17.2 Å². The number of hydrogen-bond donors (Lipinski definition) is 0. The lowest BCUT2D eigenvalue weighted by molar-refractivity contribution is 0.386. The normalized spacial score (nSPS) is 12.3. The molecule has 0 aliphatic carbocycles. The SMILES string of the molecule is [C-]#[N+][C@H](c1c(OC)cccc1OC)S(=O)(=O)c1ccc(C)cc1. The van der Waals surface area contributed by atoms with E-state index in [1.165, 1.54) is 26.4 Å². The van der Waals surface area contributed by atoms with Crippen LogP contribution in [0, 0.1) is 13.5 Å². The molecule has 0 saturated heterocycles. The van der Waals surface area contributed by atoms with Crippen LogP contribution in [-0.2, 0) is 9.84 Å². The monoisotopic (exact) mass is 331 g/mol. The number of nitrogens with zero attached hydrogens (tertiary/aromatic N) is 1. The summed E-state index contributed by atoms with van der Waals surface area (Å²) >= 11 is 0. The standard InChI is InChI=1S/C17H17NO4S/c1-12-8-10-13(11-9-12)23(19,20)17(18-2)16-14(21-3)6-5-7-15(16)22-4/h5-11,17H,1,3-4H3/t17-/m0/s1. The highest BCUT2D eigenvalue weighted by Gasteiger charge is 2.39. The number of aryl methyl sites for hydroxylation is 1. The molecule has 2 rings (SSSR count). The molecule has 120 valence electrons. The Morgan fingerprint density at radius 1 is 1.00 bits per heavy atom. The summed E-state index contributed by atoms with van der Waals surface area (Å²) in [6, 6.07) is 11.3. The predicted molar refractivity (Wildman–Crippen MR) is 87.3 cm³/mol. The highest BCUT2D eigenvalue weighted by molar-refractivity contribution is 7.91. The molecule has 0 N–H and O–H groups in total. The molecule has 1 atom stereocenters. The minimum absolute atomic E-state index is 0.0945. The van der Waals surface area contributed by atoms with E-state index < -0.39 is 15.2 Å². The van der Waals surface area contributed by atoms with Crippen molar-refractivity contribution in [3.63, 3.8) is 0 Å². The van der Waals surface area contributed by atoms with Gasteiger partial charge in [-0.05, 0) is 31.2 Å². The third-order valence-corrected chi connectivity index (χ3v) is 5.33. The van der Waals surface area contributed by atoms with E-state index in [1.807, 2.05) is 6.92 Å². The minimum atomic E-state index is -3.90. The van der Waals surface area contributed by atoms with E-state index in [1.54, 1.807) is 30.3 Å². The maximum Gasteiger partial charge on any atom is 0.357 e. The van der Waals surface area contributed by atoms with Crippen molar-refractivity contribution in [2.24, 2.45) is 0 Å². The second-order valence-corrected chi connectivity index (χ2v) is 6.92. The van der Waals surface area contributed by atoms with Gasteiger partial charge in [-0.1, -0.05) is 23.8 Å². The molecule has 0 radical (unpaired) electrons. The first kappa shape index (κ1) is 16.8. The Kier molecular flexibility index (Phi) is 4.92. The highest BCUT2D eigenvalue weighted by Crippen LogP contribution is 2.41. The van der Waals surface area contributed by atoms with Gasteiger partial charge in [0.1, 0.15) is 17.1 Å². The van der Waals surface area contributed by atoms with Gasteiger partial charge in [0.2, 0.25) is 0 Å². The third-order valence-electron chi connectivity index (χ3n) is 3.47. The summed E-state index contributed by atoms with van der Waals surface area (Å²) in [4.78, 5) is 3.44. The van der Waals surface area contributed by atoms with Crippen LogP contribution in [0.15, 0.2) is 47.4 Å². The van der Waals surface area contributed by atoms with Crippen molar-refractivity contribution in [3.05, 3.63) is 65.0 Å². The van der Waals surface area contributed by atoms with E-state index in [-0.39, 0.29) is 10.5 Å². The molecule has 0 bridgehead atoms. The first-order valence-electron chi connectivity index (χ1n) is 6.83. The molecule has 0 unspecified atom stereocenters. The second-order valence-electron chi connectivity index (χ2n) is 4.92. The van der Waals surface area contributed by atoms with Crippen LogP contribution in [0.2, 0.25) is 0 Å². The van der Waals surface area contributed by atoms with Crippen molar-refractivity contribution in [1.82, 2.24) is 0 Å². The molecule has 6 heteroatoms. The smallest absolute Gasteiger partial charge is 0.357 e. The van der Waals surface area contributed by atoms with E-state index in [0.717, 1.165) is 5.56 Å². The molecule has 0 saturated carbocycles. The molecule has 0 spiro atoms. The molecule has 2 aromatic carbocycles. The first-order chi connectivity index (χ1) is 11.0. The van der Waals surface area contributed by atoms with Crippen molar-refractivity contribution < 1.29 is 17.9 Å². The minimum Gasteiger partial charge on any atom is -0.496 e. The van der Waals surface area contributed by atoms with Gasteiger partial charge in [-0.15, -0.1) is 0 Å². The van der Waals surface area contributed by atoms with Gasteiger partial charge in [-0.2, -0.15) is 0 Å². The third kappa shape index (κ3) is 3.15. The fourth-order valence-corrected chi connectivity index (χ4v) is 3.72. The number of methoxy groups -OCH3 is 2. The maximum absolute atomic E-state index is 12.9. The molecule has 0 amide bonds. The Bertz CT molecular complexity index is 814. The Hall–Kier alpha value is -2.52. The van der Waals surface area contributed by atoms with Gasteiger partial charge in [-0.3, -0.25) is 4.85 Å². The summed E-state index contributed by atoms with van der Waals surface area (Å²) in [5.41, 5.74) is 1.16. The van der Waals surface area contributed by atoms with Gasteiger partial charge >= 0.3 is 5.37 Å². The molecule has 0 heterocycles. The van der Waals surface area contributed by atoms with Gasteiger partial charge in [0, 0.05) is 0 Å². The zero-order chi connectivity index (χ0) is 17.0. The Labute approximate surface area is 136 Å². The topological polar surface area (TPSA) is 57.0 Å². The molecule has 5 nitrogen and oxygen atoms in total. The summed E-state index contributed by atoms with van der Waals surface area (Å²) in [7, 11) is -1.04. The number of sulfone groups is 1. The van der Waals surface area contributed by atoms with Gasteiger partial charge in [0.05, 0.1) is 19.1 Å². The Morgan fingerprint density at radius 2 is 1.52 bits per heavy atom. The van der Waals surface area contributed by atoms with Crippen LogP contribution >= 0.6 is 0 Å². The molecule has 0 fully saturated rings. The molecule has 0 aliphatic rings. The van der Waals surface area contributed by atoms with Crippen molar-refractivity contribution >= 4 is 9.84 Å². The van der Waals surface area contributed by atoms with Gasteiger partial charge in [0.15, 0.2) is 0 Å². The van der Waals surface area contributed by atoms with E-state index in [0.29, 0.717) is 11.5 Å². The van der Waals surface area contributed by atoms with E-state index in [2.05, 4.69) is 4.85 Å². The predicted octanol–water partition coefficient (Wildman–Crippen LogP) is 3.40. The molecule has 0 aliphatic heterocycles. The summed E-state index contributed by atoms with van der Waals surface area (Å²) in [5.74, 6) is 0.613. The van der Waals surface area contributed by atoms with Crippen LogP contribution in [-0.4, -0.2) is 22.6 Å². The van der Waals surface area contributed by atoms with Crippen molar-refractivity contribution in [3.8, 4) is 11.5 Å². The molecule has 2 aromatic rings. The lowest BCUT2D eigenvalue weighted by atomic mass is 10.1. The first-order valence-corrected chi connectivity index (χ1v) is 8.38. The van der Waals surface area contributed by atoms with Crippen LogP contribution in [0.3, 0.4) is 0 Å². The number of hydrogen-bond acceptors (Lipinski definition) is 4. The summed E-state index contributed by atoms with van der Waals surface area (Å²) in [6.07, 6.45) is 0. The van der Waals surface area contributed by atoms with Crippen molar-refractivity contribution in [1.29, 1.82) is 0 Å². The molecule has 23 heavy (non-hydrogen) atoms. The largest absolute Gasteiger partial charge is 0.496 e. The highest BCUT2D eigenvalue weighted by atomic mass is 32.2. The maximum atomic E-state index is 12.9.